The highest BCUT2D eigenvalue weighted by atomic mass is 19.4. The molecular weight excluding hydrogens is 263 g/mol. The molecule has 0 saturated heterocycles. The molecule has 0 spiro atoms. The van der Waals surface area contributed by atoms with E-state index in [2.05, 4.69) is 26.1 Å². The number of hydrogen-bond donors (Lipinski definition) is 1. The summed E-state index contributed by atoms with van der Waals surface area (Å²) in [5.41, 5.74) is 0.443. The third-order valence-corrected chi connectivity index (χ3v) is 4.16. The first-order chi connectivity index (χ1) is 9.17. The Balaban J connectivity index is 1.98. The molecule has 0 aliphatic heterocycles. The predicted octanol–water partition coefficient (Wildman–Crippen LogP) is 4.62. The zero-order valence-electron chi connectivity index (χ0n) is 12.2. The summed E-state index contributed by atoms with van der Waals surface area (Å²) >= 11 is 0. The van der Waals surface area contributed by atoms with Gasteiger partial charge in [0.15, 0.2) is 0 Å². The third-order valence-electron chi connectivity index (χ3n) is 4.16. The lowest BCUT2D eigenvalue weighted by Gasteiger charge is -2.19. The molecule has 2 rings (SSSR count). The second-order valence-electron chi connectivity index (χ2n) is 6.74. The quantitative estimate of drug-likeness (QED) is 0.854. The molecular formula is C16H22F3N. The van der Waals surface area contributed by atoms with Crippen LogP contribution < -0.4 is 5.32 Å². The molecule has 0 aromatic heterocycles. The van der Waals surface area contributed by atoms with Crippen LogP contribution >= 0.6 is 0 Å². The number of rotatable bonds is 3. The summed E-state index contributed by atoms with van der Waals surface area (Å²) in [7, 11) is 0. The molecule has 1 saturated carbocycles. The second kappa shape index (κ2) is 5.40. The van der Waals surface area contributed by atoms with Crippen LogP contribution in [0.3, 0.4) is 0 Å². The monoisotopic (exact) mass is 285 g/mol. The maximum absolute atomic E-state index is 12.7. The molecule has 1 fully saturated rings. The Bertz CT molecular complexity index is 465. The summed E-state index contributed by atoms with van der Waals surface area (Å²) in [6.45, 7) is 7.19. The van der Waals surface area contributed by atoms with Crippen molar-refractivity contribution in [2.75, 3.05) is 0 Å². The van der Waals surface area contributed by atoms with Gasteiger partial charge in [0, 0.05) is 12.6 Å². The van der Waals surface area contributed by atoms with Crippen molar-refractivity contribution in [1.82, 2.24) is 5.32 Å². The first-order valence-corrected chi connectivity index (χ1v) is 7.07. The van der Waals surface area contributed by atoms with Gasteiger partial charge in [-0.3, -0.25) is 0 Å². The number of hydrogen-bond acceptors (Lipinski definition) is 1. The highest BCUT2D eigenvalue weighted by molar-refractivity contribution is 5.25. The van der Waals surface area contributed by atoms with Crippen molar-refractivity contribution in [2.24, 2.45) is 11.3 Å². The molecule has 1 aromatic rings. The molecule has 2 unspecified atom stereocenters. The van der Waals surface area contributed by atoms with Gasteiger partial charge in [0.2, 0.25) is 0 Å². The van der Waals surface area contributed by atoms with Crippen LogP contribution in [0, 0.1) is 11.3 Å². The average Bonchev–Trinajstić information content (AvgIpc) is 2.59. The Morgan fingerprint density at radius 2 is 1.95 bits per heavy atom. The van der Waals surface area contributed by atoms with E-state index < -0.39 is 11.7 Å². The Morgan fingerprint density at radius 1 is 1.25 bits per heavy atom. The van der Waals surface area contributed by atoms with E-state index in [0.29, 0.717) is 29.5 Å². The molecule has 1 aromatic carbocycles. The highest BCUT2D eigenvalue weighted by Crippen LogP contribution is 2.41. The standard InChI is InChI=1S/C16H22F3N/c1-11-8-15(2,3)9-14(11)20-10-12-5-4-6-13(7-12)16(17,18)19/h4-7,11,14,20H,8-10H2,1-3H3. The van der Waals surface area contributed by atoms with Crippen LogP contribution in [-0.4, -0.2) is 6.04 Å². The Morgan fingerprint density at radius 3 is 2.50 bits per heavy atom. The average molecular weight is 285 g/mol. The van der Waals surface area contributed by atoms with Gasteiger partial charge >= 0.3 is 6.18 Å². The molecule has 1 aliphatic rings. The topological polar surface area (TPSA) is 12.0 Å². The van der Waals surface area contributed by atoms with E-state index in [1.807, 2.05) is 0 Å². The number of nitrogens with one attached hydrogen (secondary N) is 1. The van der Waals surface area contributed by atoms with Gasteiger partial charge in [-0.15, -0.1) is 0 Å². The third kappa shape index (κ3) is 3.75. The van der Waals surface area contributed by atoms with Crippen molar-refractivity contribution in [3.8, 4) is 0 Å². The summed E-state index contributed by atoms with van der Waals surface area (Å²) in [6.07, 6.45) is -2.03. The zero-order valence-corrected chi connectivity index (χ0v) is 12.2. The van der Waals surface area contributed by atoms with Gasteiger partial charge in [-0.1, -0.05) is 39.0 Å². The first-order valence-electron chi connectivity index (χ1n) is 7.07. The molecule has 112 valence electrons. The minimum Gasteiger partial charge on any atom is -0.310 e. The van der Waals surface area contributed by atoms with E-state index in [4.69, 9.17) is 0 Å². The van der Waals surface area contributed by atoms with Crippen LogP contribution in [0.4, 0.5) is 13.2 Å². The van der Waals surface area contributed by atoms with Crippen molar-refractivity contribution in [2.45, 2.75) is 52.4 Å². The van der Waals surface area contributed by atoms with E-state index >= 15 is 0 Å². The van der Waals surface area contributed by atoms with Crippen molar-refractivity contribution >= 4 is 0 Å². The van der Waals surface area contributed by atoms with Gasteiger partial charge in [0.1, 0.15) is 0 Å². The maximum atomic E-state index is 12.7. The van der Waals surface area contributed by atoms with Gasteiger partial charge < -0.3 is 5.32 Å². The van der Waals surface area contributed by atoms with E-state index in [1.165, 1.54) is 12.1 Å². The fraction of sp³-hybridized carbons (Fsp3) is 0.625. The molecule has 0 amide bonds. The normalized spacial score (nSPS) is 25.9. The lowest BCUT2D eigenvalue weighted by atomic mass is 9.91. The van der Waals surface area contributed by atoms with E-state index in [0.717, 1.165) is 18.9 Å². The van der Waals surface area contributed by atoms with Crippen molar-refractivity contribution in [3.05, 3.63) is 35.4 Å². The largest absolute Gasteiger partial charge is 0.416 e. The van der Waals surface area contributed by atoms with Crippen molar-refractivity contribution < 1.29 is 13.2 Å². The second-order valence-corrected chi connectivity index (χ2v) is 6.74. The highest BCUT2D eigenvalue weighted by Gasteiger charge is 2.36. The lowest BCUT2D eigenvalue weighted by molar-refractivity contribution is -0.137. The summed E-state index contributed by atoms with van der Waals surface area (Å²) in [5, 5.41) is 3.41. The van der Waals surface area contributed by atoms with Crippen LogP contribution in [-0.2, 0) is 12.7 Å². The molecule has 0 heterocycles. The minimum absolute atomic E-state index is 0.324. The molecule has 1 aliphatic carbocycles. The fourth-order valence-electron chi connectivity index (χ4n) is 3.27. The summed E-state index contributed by atoms with van der Waals surface area (Å²) in [6, 6.07) is 5.96. The minimum atomic E-state index is -4.27. The smallest absolute Gasteiger partial charge is 0.310 e. The molecule has 4 heteroatoms. The number of alkyl halides is 3. The SMILES string of the molecule is CC1CC(C)(C)CC1NCc1cccc(C(F)(F)F)c1. The van der Waals surface area contributed by atoms with E-state index in [9.17, 15) is 13.2 Å². The van der Waals surface area contributed by atoms with Crippen LogP contribution in [0.1, 0.15) is 44.7 Å². The van der Waals surface area contributed by atoms with Crippen molar-refractivity contribution in [3.63, 3.8) is 0 Å². The summed E-state index contributed by atoms with van der Waals surface area (Å²) in [4.78, 5) is 0. The zero-order chi connectivity index (χ0) is 15.0. The van der Waals surface area contributed by atoms with Gasteiger partial charge in [-0.05, 0) is 35.8 Å². The molecule has 2 atom stereocenters. The van der Waals surface area contributed by atoms with Crippen LogP contribution in [0.25, 0.3) is 0 Å². The van der Waals surface area contributed by atoms with E-state index in [-0.39, 0.29) is 0 Å². The number of halogens is 3. The maximum Gasteiger partial charge on any atom is 0.416 e. The van der Waals surface area contributed by atoms with Crippen LogP contribution in [0.5, 0.6) is 0 Å². The van der Waals surface area contributed by atoms with Gasteiger partial charge in [0.25, 0.3) is 0 Å². The van der Waals surface area contributed by atoms with Crippen molar-refractivity contribution in [1.29, 1.82) is 0 Å². The Hall–Kier alpha value is -1.03. The summed E-state index contributed by atoms with van der Waals surface area (Å²) < 4.78 is 38.0. The number of benzene rings is 1. The fourth-order valence-corrected chi connectivity index (χ4v) is 3.27. The molecule has 0 radical (unpaired) electrons. The van der Waals surface area contributed by atoms with Gasteiger partial charge in [0.05, 0.1) is 5.56 Å². The Kier molecular flexibility index (Phi) is 4.14. The molecule has 1 N–H and O–H groups in total. The van der Waals surface area contributed by atoms with Crippen LogP contribution in [0.15, 0.2) is 24.3 Å². The first kappa shape index (κ1) is 15.4. The molecule has 20 heavy (non-hydrogen) atoms. The lowest BCUT2D eigenvalue weighted by Crippen LogP contribution is -2.31. The van der Waals surface area contributed by atoms with Gasteiger partial charge in [-0.25, -0.2) is 0 Å². The summed E-state index contributed by atoms with van der Waals surface area (Å²) in [5.74, 6) is 0.566. The molecule has 0 bridgehead atoms. The van der Waals surface area contributed by atoms with Crippen LogP contribution in [0.2, 0.25) is 0 Å². The van der Waals surface area contributed by atoms with E-state index in [1.54, 1.807) is 6.07 Å². The molecule has 1 nitrogen and oxygen atoms in total. The predicted molar refractivity (Wildman–Crippen MR) is 74.3 cm³/mol. The Labute approximate surface area is 118 Å². The van der Waals surface area contributed by atoms with Gasteiger partial charge in [-0.2, -0.15) is 13.2 Å².